The molecule has 1 saturated heterocycles. The van der Waals surface area contributed by atoms with Crippen LogP contribution < -0.4 is 15.4 Å². The highest BCUT2D eigenvalue weighted by molar-refractivity contribution is 5.62. The quantitative estimate of drug-likeness (QED) is 0.814. The van der Waals surface area contributed by atoms with Crippen LogP contribution in [0.5, 0.6) is 5.75 Å². The Bertz CT molecular complexity index is 382. The van der Waals surface area contributed by atoms with Gasteiger partial charge in [-0.05, 0) is 18.6 Å². The van der Waals surface area contributed by atoms with Gasteiger partial charge in [-0.3, -0.25) is 0 Å². The van der Waals surface area contributed by atoms with Crippen LogP contribution in [-0.2, 0) is 4.74 Å². The first-order valence-electron chi connectivity index (χ1n) is 6.04. The van der Waals surface area contributed by atoms with Crippen molar-refractivity contribution in [3.05, 3.63) is 18.2 Å². The van der Waals surface area contributed by atoms with Crippen molar-refractivity contribution in [1.29, 1.82) is 0 Å². The maximum atomic E-state index is 5.83. The van der Waals surface area contributed by atoms with Crippen LogP contribution in [0.15, 0.2) is 18.2 Å². The lowest BCUT2D eigenvalue weighted by molar-refractivity contribution is 0.0930. The molecular formula is C13H20N2O2. The number of rotatable bonds is 3. The Hall–Kier alpha value is -1.42. The summed E-state index contributed by atoms with van der Waals surface area (Å²) >= 11 is 0. The van der Waals surface area contributed by atoms with Gasteiger partial charge < -0.3 is 20.1 Å². The van der Waals surface area contributed by atoms with Gasteiger partial charge >= 0.3 is 0 Å². The van der Waals surface area contributed by atoms with Crippen molar-refractivity contribution >= 4 is 11.4 Å². The fourth-order valence-corrected chi connectivity index (χ4v) is 2.21. The lowest BCUT2D eigenvalue weighted by Gasteiger charge is -2.37. The number of methoxy groups -OCH3 is 1. The molecule has 2 N–H and O–H groups in total. The summed E-state index contributed by atoms with van der Waals surface area (Å²) in [5, 5.41) is 0. The van der Waals surface area contributed by atoms with Gasteiger partial charge in [0.05, 0.1) is 32.1 Å². The van der Waals surface area contributed by atoms with Gasteiger partial charge in [0.2, 0.25) is 0 Å². The van der Waals surface area contributed by atoms with Crippen molar-refractivity contribution in [1.82, 2.24) is 0 Å². The topological polar surface area (TPSA) is 47.7 Å². The summed E-state index contributed by atoms with van der Waals surface area (Å²) in [7, 11) is 1.64. The largest absolute Gasteiger partial charge is 0.495 e. The first-order valence-corrected chi connectivity index (χ1v) is 6.04. The summed E-state index contributed by atoms with van der Waals surface area (Å²) in [5.74, 6) is 0.740. The number of nitrogens with zero attached hydrogens (tertiary/aromatic N) is 1. The predicted octanol–water partition coefficient (Wildman–Crippen LogP) is 1.89. The molecule has 1 heterocycles. The molecular weight excluding hydrogens is 216 g/mol. The van der Waals surface area contributed by atoms with E-state index in [0.717, 1.165) is 37.6 Å². The van der Waals surface area contributed by atoms with E-state index >= 15 is 0 Å². The molecule has 1 fully saturated rings. The lowest BCUT2D eigenvalue weighted by Crippen LogP contribution is -2.45. The standard InChI is InChI=1S/C13H20N2O2/c1-3-10-9-17-7-6-15(10)11-4-5-12(14)13(8-11)16-2/h4-5,8,10H,3,6-7,9,14H2,1-2H3. The highest BCUT2D eigenvalue weighted by Gasteiger charge is 2.22. The molecule has 0 saturated carbocycles. The molecule has 0 radical (unpaired) electrons. The summed E-state index contributed by atoms with van der Waals surface area (Å²) in [6, 6.07) is 6.39. The van der Waals surface area contributed by atoms with Crippen LogP contribution >= 0.6 is 0 Å². The Labute approximate surface area is 102 Å². The zero-order valence-electron chi connectivity index (χ0n) is 10.5. The van der Waals surface area contributed by atoms with Crippen LogP contribution in [0, 0.1) is 0 Å². The van der Waals surface area contributed by atoms with Crippen LogP contribution in [0.3, 0.4) is 0 Å². The van der Waals surface area contributed by atoms with Gasteiger partial charge in [-0.15, -0.1) is 0 Å². The number of morpholine rings is 1. The average molecular weight is 236 g/mol. The highest BCUT2D eigenvalue weighted by Crippen LogP contribution is 2.29. The Morgan fingerprint density at radius 2 is 2.35 bits per heavy atom. The maximum Gasteiger partial charge on any atom is 0.143 e. The summed E-state index contributed by atoms with van der Waals surface area (Å²) in [6.45, 7) is 4.68. The van der Waals surface area contributed by atoms with Gasteiger partial charge in [0.25, 0.3) is 0 Å². The van der Waals surface area contributed by atoms with E-state index in [2.05, 4.69) is 11.8 Å². The van der Waals surface area contributed by atoms with Gasteiger partial charge in [0.15, 0.2) is 0 Å². The van der Waals surface area contributed by atoms with E-state index in [0.29, 0.717) is 11.7 Å². The molecule has 1 aromatic carbocycles. The molecule has 0 aromatic heterocycles. The molecule has 0 aliphatic carbocycles. The Kier molecular flexibility index (Phi) is 3.74. The van der Waals surface area contributed by atoms with Crippen molar-refractivity contribution in [2.45, 2.75) is 19.4 Å². The fraction of sp³-hybridized carbons (Fsp3) is 0.538. The van der Waals surface area contributed by atoms with Crippen LogP contribution in [0.25, 0.3) is 0 Å². The third kappa shape index (κ3) is 2.47. The molecule has 1 unspecified atom stereocenters. The van der Waals surface area contributed by atoms with Crippen LogP contribution in [0.2, 0.25) is 0 Å². The van der Waals surface area contributed by atoms with E-state index in [1.165, 1.54) is 0 Å². The lowest BCUT2D eigenvalue weighted by atomic mass is 10.1. The van der Waals surface area contributed by atoms with Gasteiger partial charge in [0, 0.05) is 18.3 Å². The third-order valence-corrected chi connectivity index (χ3v) is 3.25. The summed E-state index contributed by atoms with van der Waals surface area (Å²) in [4.78, 5) is 2.37. The molecule has 1 aromatic rings. The predicted molar refractivity (Wildman–Crippen MR) is 69.7 cm³/mol. The molecule has 94 valence electrons. The number of benzene rings is 1. The average Bonchev–Trinajstić information content (AvgIpc) is 2.39. The minimum Gasteiger partial charge on any atom is -0.495 e. The fourth-order valence-electron chi connectivity index (χ4n) is 2.21. The molecule has 2 rings (SSSR count). The Morgan fingerprint density at radius 1 is 1.53 bits per heavy atom. The monoisotopic (exact) mass is 236 g/mol. The molecule has 1 atom stereocenters. The minimum absolute atomic E-state index is 0.442. The number of hydrogen-bond acceptors (Lipinski definition) is 4. The third-order valence-electron chi connectivity index (χ3n) is 3.25. The molecule has 0 bridgehead atoms. The number of hydrogen-bond donors (Lipinski definition) is 1. The Morgan fingerprint density at radius 3 is 3.06 bits per heavy atom. The summed E-state index contributed by atoms with van der Waals surface area (Å²) in [6.07, 6.45) is 1.08. The van der Waals surface area contributed by atoms with Crippen LogP contribution in [-0.4, -0.2) is 32.9 Å². The Balaban J connectivity index is 2.25. The van der Waals surface area contributed by atoms with Crippen LogP contribution in [0.1, 0.15) is 13.3 Å². The summed E-state index contributed by atoms with van der Waals surface area (Å²) in [5.41, 5.74) is 7.67. The van der Waals surface area contributed by atoms with E-state index in [1.807, 2.05) is 18.2 Å². The second-order valence-electron chi connectivity index (χ2n) is 4.26. The van der Waals surface area contributed by atoms with Gasteiger partial charge in [-0.25, -0.2) is 0 Å². The molecule has 1 aliphatic rings. The zero-order valence-corrected chi connectivity index (χ0v) is 10.5. The number of anilines is 2. The molecule has 1 aliphatic heterocycles. The molecule has 0 amide bonds. The van der Waals surface area contributed by atoms with Crippen molar-refractivity contribution in [3.8, 4) is 5.75 Å². The molecule has 17 heavy (non-hydrogen) atoms. The van der Waals surface area contributed by atoms with E-state index in [9.17, 15) is 0 Å². The second-order valence-corrected chi connectivity index (χ2v) is 4.26. The number of nitrogen functional groups attached to an aromatic ring is 1. The molecule has 4 nitrogen and oxygen atoms in total. The highest BCUT2D eigenvalue weighted by atomic mass is 16.5. The molecule has 4 heteroatoms. The number of ether oxygens (including phenoxy) is 2. The van der Waals surface area contributed by atoms with Gasteiger partial charge in [0.1, 0.15) is 5.75 Å². The second kappa shape index (κ2) is 5.27. The number of nitrogens with two attached hydrogens (primary N) is 1. The van der Waals surface area contributed by atoms with E-state index < -0.39 is 0 Å². The maximum absolute atomic E-state index is 5.83. The first kappa shape index (κ1) is 12.0. The zero-order chi connectivity index (χ0) is 12.3. The SMILES string of the molecule is CCC1COCCN1c1ccc(N)c(OC)c1. The van der Waals surface area contributed by atoms with Crippen molar-refractivity contribution in [3.63, 3.8) is 0 Å². The van der Waals surface area contributed by atoms with E-state index in [4.69, 9.17) is 15.2 Å². The van der Waals surface area contributed by atoms with Crippen LogP contribution in [0.4, 0.5) is 11.4 Å². The van der Waals surface area contributed by atoms with Crippen molar-refractivity contribution < 1.29 is 9.47 Å². The normalized spacial score (nSPS) is 20.4. The van der Waals surface area contributed by atoms with Crippen molar-refractivity contribution in [2.75, 3.05) is 37.5 Å². The minimum atomic E-state index is 0.442. The van der Waals surface area contributed by atoms with Gasteiger partial charge in [-0.2, -0.15) is 0 Å². The van der Waals surface area contributed by atoms with Gasteiger partial charge in [-0.1, -0.05) is 6.92 Å². The van der Waals surface area contributed by atoms with Crippen molar-refractivity contribution in [2.24, 2.45) is 0 Å². The van der Waals surface area contributed by atoms with E-state index in [1.54, 1.807) is 7.11 Å². The van der Waals surface area contributed by atoms with E-state index in [-0.39, 0.29) is 0 Å². The summed E-state index contributed by atoms with van der Waals surface area (Å²) < 4.78 is 10.8. The first-order chi connectivity index (χ1) is 8.26. The molecule has 0 spiro atoms. The smallest absolute Gasteiger partial charge is 0.143 e.